The summed E-state index contributed by atoms with van der Waals surface area (Å²) in [7, 11) is 3.43. The van der Waals surface area contributed by atoms with Gasteiger partial charge in [0.05, 0.1) is 14.2 Å². The lowest BCUT2D eigenvalue weighted by Crippen LogP contribution is -2.34. The van der Waals surface area contributed by atoms with Gasteiger partial charge < -0.3 is 14.8 Å². The molecule has 0 saturated carbocycles. The van der Waals surface area contributed by atoms with Crippen molar-refractivity contribution in [3.8, 4) is 11.5 Å². The number of nitrogens with one attached hydrogen (secondary N) is 1. The summed E-state index contributed by atoms with van der Waals surface area (Å²) in [6.45, 7) is 4.02. The molecule has 26 heavy (non-hydrogen) atoms. The van der Waals surface area contributed by atoms with Crippen molar-refractivity contribution in [3.63, 3.8) is 0 Å². The quantitative estimate of drug-likeness (QED) is 0.688. The molecule has 1 unspecified atom stereocenters. The normalized spacial score (nSPS) is 15.8. The molecule has 0 aliphatic carbocycles. The van der Waals surface area contributed by atoms with Crippen molar-refractivity contribution in [1.82, 2.24) is 10.2 Å². The first-order valence-electron chi connectivity index (χ1n) is 9.12. The molecule has 5 heteroatoms. The second kappa shape index (κ2) is 9.40. The Bertz CT molecular complexity index is 700. The van der Waals surface area contributed by atoms with E-state index in [1.165, 1.54) is 31.5 Å². The molecule has 1 fully saturated rings. The van der Waals surface area contributed by atoms with Gasteiger partial charge in [-0.25, -0.2) is 0 Å². The fourth-order valence-electron chi connectivity index (χ4n) is 3.57. The maximum atomic E-state index is 5.48. The first-order valence-corrected chi connectivity index (χ1v) is 9.91. The van der Waals surface area contributed by atoms with Gasteiger partial charge in [-0.15, -0.1) is 0 Å². The Kier molecular flexibility index (Phi) is 6.94. The van der Waals surface area contributed by atoms with Gasteiger partial charge in [-0.1, -0.05) is 28.1 Å². The number of halogens is 1. The van der Waals surface area contributed by atoms with Gasteiger partial charge in [-0.3, -0.25) is 4.90 Å². The lowest BCUT2D eigenvalue weighted by Gasteiger charge is -2.28. The molecule has 1 N–H and O–H groups in total. The van der Waals surface area contributed by atoms with Crippen LogP contribution in [0.3, 0.4) is 0 Å². The van der Waals surface area contributed by atoms with Crippen molar-refractivity contribution in [2.45, 2.75) is 25.4 Å². The molecule has 140 valence electrons. The van der Waals surface area contributed by atoms with Gasteiger partial charge in [0.2, 0.25) is 0 Å². The van der Waals surface area contributed by atoms with Crippen LogP contribution in [0.4, 0.5) is 0 Å². The molecule has 1 atom stereocenters. The molecule has 4 nitrogen and oxygen atoms in total. The van der Waals surface area contributed by atoms with Crippen molar-refractivity contribution in [1.29, 1.82) is 0 Å². The average molecular weight is 419 g/mol. The fourth-order valence-corrected chi connectivity index (χ4v) is 3.97. The summed E-state index contributed by atoms with van der Waals surface area (Å²) in [4.78, 5) is 2.58. The summed E-state index contributed by atoms with van der Waals surface area (Å²) >= 11 is 3.55. The molecule has 1 aliphatic rings. The van der Waals surface area contributed by atoms with Crippen LogP contribution in [0.5, 0.6) is 11.5 Å². The summed E-state index contributed by atoms with van der Waals surface area (Å²) in [6, 6.07) is 15.0. The molecule has 2 aromatic rings. The van der Waals surface area contributed by atoms with Crippen LogP contribution in [0.1, 0.15) is 30.0 Å². The van der Waals surface area contributed by atoms with E-state index in [2.05, 4.69) is 56.5 Å². The molecular formula is C21H27BrN2O2. The summed E-state index contributed by atoms with van der Waals surface area (Å²) in [5, 5.41) is 3.63. The number of rotatable bonds is 8. The lowest BCUT2D eigenvalue weighted by atomic mass is 10.0. The standard InChI is InChI=1S/C21H27BrN2O2/c1-25-19-8-5-16(6-9-19)20(24-11-3-4-12-24)15-23-14-17-13-18(22)7-10-21(17)26-2/h5-10,13,20,23H,3-4,11-12,14-15H2,1-2H3. The Labute approximate surface area is 164 Å². The van der Waals surface area contributed by atoms with E-state index in [0.717, 1.165) is 34.6 Å². The molecular weight excluding hydrogens is 392 g/mol. The van der Waals surface area contributed by atoms with E-state index in [9.17, 15) is 0 Å². The zero-order chi connectivity index (χ0) is 18.4. The number of hydrogen-bond acceptors (Lipinski definition) is 4. The molecule has 3 rings (SSSR count). The van der Waals surface area contributed by atoms with Crippen molar-refractivity contribution < 1.29 is 9.47 Å². The SMILES string of the molecule is COc1ccc(C(CNCc2cc(Br)ccc2OC)N2CCCC2)cc1. The van der Waals surface area contributed by atoms with Gasteiger partial charge in [0.25, 0.3) is 0 Å². The monoisotopic (exact) mass is 418 g/mol. The van der Waals surface area contributed by atoms with Crippen molar-refractivity contribution in [3.05, 3.63) is 58.1 Å². The zero-order valence-electron chi connectivity index (χ0n) is 15.5. The summed E-state index contributed by atoms with van der Waals surface area (Å²) in [5.41, 5.74) is 2.50. The van der Waals surface area contributed by atoms with E-state index in [0.29, 0.717) is 6.04 Å². The smallest absolute Gasteiger partial charge is 0.123 e. The minimum atomic E-state index is 0.376. The highest BCUT2D eigenvalue weighted by atomic mass is 79.9. The highest BCUT2D eigenvalue weighted by molar-refractivity contribution is 9.10. The van der Waals surface area contributed by atoms with Gasteiger partial charge in [0, 0.05) is 29.2 Å². The second-order valence-electron chi connectivity index (χ2n) is 6.62. The number of ether oxygens (including phenoxy) is 2. The summed E-state index contributed by atoms with van der Waals surface area (Å²) < 4.78 is 11.9. The van der Waals surface area contributed by atoms with Crippen LogP contribution in [0.15, 0.2) is 46.9 Å². The highest BCUT2D eigenvalue weighted by Gasteiger charge is 2.23. The maximum Gasteiger partial charge on any atom is 0.123 e. The first kappa shape index (κ1) is 19.2. The van der Waals surface area contributed by atoms with Gasteiger partial charge >= 0.3 is 0 Å². The van der Waals surface area contributed by atoms with E-state index >= 15 is 0 Å². The van der Waals surface area contributed by atoms with E-state index in [-0.39, 0.29) is 0 Å². The van der Waals surface area contributed by atoms with Crippen LogP contribution in [-0.2, 0) is 6.54 Å². The molecule has 0 aromatic heterocycles. The van der Waals surface area contributed by atoms with Crippen LogP contribution >= 0.6 is 15.9 Å². The van der Waals surface area contributed by atoms with Crippen molar-refractivity contribution >= 4 is 15.9 Å². The average Bonchev–Trinajstić information content (AvgIpc) is 3.20. The molecule has 0 radical (unpaired) electrons. The number of benzene rings is 2. The predicted molar refractivity (Wildman–Crippen MR) is 109 cm³/mol. The third kappa shape index (κ3) is 4.78. The van der Waals surface area contributed by atoms with E-state index in [1.54, 1.807) is 14.2 Å². The number of methoxy groups -OCH3 is 2. The topological polar surface area (TPSA) is 33.7 Å². The van der Waals surface area contributed by atoms with Crippen LogP contribution in [0, 0.1) is 0 Å². The predicted octanol–water partition coefficient (Wildman–Crippen LogP) is 4.39. The Morgan fingerprint density at radius 3 is 2.42 bits per heavy atom. The maximum absolute atomic E-state index is 5.48. The number of nitrogens with zero attached hydrogens (tertiary/aromatic N) is 1. The second-order valence-corrected chi connectivity index (χ2v) is 7.53. The van der Waals surface area contributed by atoms with Crippen molar-refractivity contribution in [2.24, 2.45) is 0 Å². The molecule has 1 heterocycles. The molecule has 0 bridgehead atoms. The van der Waals surface area contributed by atoms with E-state index in [4.69, 9.17) is 9.47 Å². The molecule has 0 spiro atoms. The van der Waals surface area contributed by atoms with Gasteiger partial charge in [-0.2, -0.15) is 0 Å². The van der Waals surface area contributed by atoms with Crippen LogP contribution < -0.4 is 14.8 Å². The van der Waals surface area contributed by atoms with Crippen LogP contribution in [-0.4, -0.2) is 38.8 Å². The van der Waals surface area contributed by atoms with E-state index < -0.39 is 0 Å². The lowest BCUT2D eigenvalue weighted by molar-refractivity contribution is 0.238. The molecule has 0 amide bonds. The van der Waals surface area contributed by atoms with Crippen LogP contribution in [0.25, 0.3) is 0 Å². The number of hydrogen-bond donors (Lipinski definition) is 1. The highest BCUT2D eigenvalue weighted by Crippen LogP contribution is 2.27. The summed E-state index contributed by atoms with van der Waals surface area (Å²) in [5.74, 6) is 1.82. The van der Waals surface area contributed by atoms with Gasteiger partial charge in [0.1, 0.15) is 11.5 Å². The van der Waals surface area contributed by atoms with Gasteiger partial charge in [-0.05, 0) is 61.8 Å². The Hall–Kier alpha value is -1.56. The van der Waals surface area contributed by atoms with Crippen LogP contribution in [0.2, 0.25) is 0 Å². The third-order valence-corrected chi connectivity index (χ3v) is 5.47. The first-order chi connectivity index (χ1) is 12.7. The molecule has 1 saturated heterocycles. The molecule has 1 aliphatic heterocycles. The van der Waals surface area contributed by atoms with E-state index in [1.807, 2.05) is 12.1 Å². The Morgan fingerprint density at radius 1 is 1.04 bits per heavy atom. The summed E-state index contributed by atoms with van der Waals surface area (Å²) in [6.07, 6.45) is 2.57. The Balaban J connectivity index is 1.69. The zero-order valence-corrected chi connectivity index (χ0v) is 17.1. The van der Waals surface area contributed by atoms with Crippen molar-refractivity contribution in [2.75, 3.05) is 33.9 Å². The number of likely N-dealkylation sites (tertiary alicyclic amines) is 1. The minimum absolute atomic E-state index is 0.376. The minimum Gasteiger partial charge on any atom is -0.497 e. The fraction of sp³-hybridized carbons (Fsp3) is 0.429. The van der Waals surface area contributed by atoms with Gasteiger partial charge in [0.15, 0.2) is 0 Å². The third-order valence-electron chi connectivity index (χ3n) is 4.98. The molecule has 2 aromatic carbocycles. The Morgan fingerprint density at radius 2 is 1.77 bits per heavy atom. The largest absolute Gasteiger partial charge is 0.497 e.